The van der Waals surface area contributed by atoms with Gasteiger partial charge in [-0.25, -0.2) is 28.1 Å². The zero-order chi connectivity index (χ0) is 22.8. The maximum absolute atomic E-state index is 12.7. The molecule has 0 spiro atoms. The third-order valence-corrected chi connectivity index (χ3v) is 6.46. The van der Waals surface area contributed by atoms with E-state index in [4.69, 9.17) is 9.72 Å². The van der Waals surface area contributed by atoms with Crippen molar-refractivity contribution in [3.8, 4) is 5.75 Å². The lowest BCUT2D eigenvalue weighted by atomic mass is 10.1. The minimum atomic E-state index is -3.81. The molecule has 0 aliphatic carbocycles. The predicted octanol–water partition coefficient (Wildman–Crippen LogP) is 4.73. The van der Waals surface area contributed by atoms with Crippen LogP contribution in [0.2, 0.25) is 0 Å². The lowest BCUT2D eigenvalue weighted by Crippen LogP contribution is -2.14. The molecular weight excluding hydrogens is 438 g/mol. The summed E-state index contributed by atoms with van der Waals surface area (Å²) < 4.78 is 33.2. The molecule has 3 aromatic carbocycles. The molecule has 0 radical (unpaired) electrons. The number of pyridine rings is 1. The molecule has 2 heterocycles. The largest absolute Gasteiger partial charge is 0.494 e. The van der Waals surface area contributed by atoms with E-state index in [1.165, 1.54) is 24.5 Å². The van der Waals surface area contributed by atoms with Crippen molar-refractivity contribution < 1.29 is 13.2 Å². The molecule has 2 aromatic heterocycles. The smallest absolute Gasteiger partial charge is 0.264 e. The Hall–Kier alpha value is -4.24. The summed E-state index contributed by atoms with van der Waals surface area (Å²) in [6.45, 7) is 0. The first kappa shape index (κ1) is 20.7. The molecule has 2 N–H and O–H groups in total. The summed E-state index contributed by atoms with van der Waals surface area (Å²) in [7, 11) is -2.19. The molecule has 5 aromatic rings. The van der Waals surface area contributed by atoms with Crippen LogP contribution in [0, 0.1) is 0 Å². The summed E-state index contributed by atoms with van der Waals surface area (Å²) in [5.41, 5.74) is 3.15. The van der Waals surface area contributed by atoms with Gasteiger partial charge in [-0.2, -0.15) is 0 Å². The van der Waals surface area contributed by atoms with Gasteiger partial charge in [0.15, 0.2) is 0 Å². The molecule has 164 valence electrons. The third-order valence-electron chi connectivity index (χ3n) is 5.12. The van der Waals surface area contributed by atoms with Crippen molar-refractivity contribution in [2.45, 2.75) is 4.90 Å². The minimum Gasteiger partial charge on any atom is -0.494 e. The van der Waals surface area contributed by atoms with Crippen molar-refractivity contribution >= 4 is 49.2 Å². The molecule has 0 fully saturated rings. The number of sulfonamides is 1. The van der Waals surface area contributed by atoms with Crippen molar-refractivity contribution in [1.82, 2.24) is 15.0 Å². The Morgan fingerprint density at radius 1 is 0.818 bits per heavy atom. The number of rotatable bonds is 6. The highest BCUT2D eigenvalue weighted by molar-refractivity contribution is 7.92. The quantitative estimate of drug-likeness (QED) is 0.355. The van der Waals surface area contributed by atoms with Gasteiger partial charge in [-0.3, -0.25) is 0 Å². The monoisotopic (exact) mass is 457 g/mol. The standard InChI is InChI=1S/C24H19N5O3S/c1-32-21-9-4-7-19-22(18-6-2-3-8-20(18)28-23(19)21)27-16-10-12-17(13-11-16)33(30,31)29-24-25-14-5-15-26-24/h2-15H,1H3,(H,27,28)(H,25,26,29). The SMILES string of the molecule is COc1cccc2c(Nc3ccc(S(=O)(=O)Nc4ncccn4)cc3)c3ccccc3nc12. The molecule has 0 saturated carbocycles. The highest BCUT2D eigenvalue weighted by Crippen LogP contribution is 2.36. The molecule has 0 atom stereocenters. The fraction of sp³-hybridized carbons (Fsp3) is 0.0417. The maximum atomic E-state index is 12.7. The van der Waals surface area contributed by atoms with E-state index >= 15 is 0 Å². The normalized spacial score (nSPS) is 11.4. The number of nitrogens with zero attached hydrogens (tertiary/aromatic N) is 3. The van der Waals surface area contributed by atoms with Gasteiger partial charge >= 0.3 is 0 Å². The van der Waals surface area contributed by atoms with Crippen LogP contribution in [0.3, 0.4) is 0 Å². The van der Waals surface area contributed by atoms with Crippen LogP contribution < -0.4 is 14.8 Å². The van der Waals surface area contributed by atoms with E-state index < -0.39 is 10.0 Å². The highest BCUT2D eigenvalue weighted by atomic mass is 32.2. The lowest BCUT2D eigenvalue weighted by Gasteiger charge is -2.15. The van der Waals surface area contributed by atoms with Crippen LogP contribution in [0.1, 0.15) is 0 Å². The first-order chi connectivity index (χ1) is 16.0. The zero-order valence-corrected chi connectivity index (χ0v) is 18.4. The molecule has 0 amide bonds. The second-order valence-electron chi connectivity index (χ2n) is 7.19. The number of hydrogen-bond donors (Lipinski definition) is 2. The molecule has 0 saturated heterocycles. The van der Waals surface area contributed by atoms with Gasteiger partial charge in [0.1, 0.15) is 11.3 Å². The Bertz CT molecular complexity index is 1560. The number of aromatic nitrogens is 3. The van der Waals surface area contributed by atoms with Gasteiger partial charge < -0.3 is 10.1 Å². The van der Waals surface area contributed by atoms with E-state index in [9.17, 15) is 8.42 Å². The van der Waals surface area contributed by atoms with E-state index in [2.05, 4.69) is 20.0 Å². The number of fused-ring (bicyclic) bond motifs is 2. The van der Waals surface area contributed by atoms with Gasteiger partial charge in [0, 0.05) is 28.9 Å². The van der Waals surface area contributed by atoms with E-state index in [1.807, 2.05) is 42.5 Å². The zero-order valence-electron chi connectivity index (χ0n) is 17.6. The van der Waals surface area contributed by atoms with Crippen molar-refractivity contribution in [3.05, 3.63) is 85.2 Å². The van der Waals surface area contributed by atoms with Crippen molar-refractivity contribution in [1.29, 1.82) is 0 Å². The average molecular weight is 458 g/mol. The Labute approximate surface area is 190 Å². The third kappa shape index (κ3) is 4.01. The molecule has 0 aliphatic heterocycles. The van der Waals surface area contributed by atoms with Crippen molar-refractivity contribution in [2.75, 3.05) is 17.1 Å². The molecule has 9 heteroatoms. The van der Waals surface area contributed by atoms with E-state index in [-0.39, 0.29) is 10.8 Å². The van der Waals surface area contributed by atoms with Gasteiger partial charge in [0.2, 0.25) is 5.95 Å². The Morgan fingerprint density at radius 3 is 2.30 bits per heavy atom. The van der Waals surface area contributed by atoms with Crippen molar-refractivity contribution in [3.63, 3.8) is 0 Å². The molecule has 0 aliphatic rings. The number of anilines is 3. The highest BCUT2D eigenvalue weighted by Gasteiger charge is 2.16. The summed E-state index contributed by atoms with van der Waals surface area (Å²) >= 11 is 0. The second-order valence-corrected chi connectivity index (χ2v) is 8.87. The fourth-order valence-electron chi connectivity index (χ4n) is 3.58. The van der Waals surface area contributed by atoms with Gasteiger partial charge in [-0.05, 0) is 42.5 Å². The lowest BCUT2D eigenvalue weighted by molar-refractivity contribution is 0.419. The van der Waals surface area contributed by atoms with Gasteiger partial charge in [-0.1, -0.05) is 30.3 Å². The molecule has 33 heavy (non-hydrogen) atoms. The Balaban J connectivity index is 1.52. The Morgan fingerprint density at radius 2 is 1.55 bits per heavy atom. The second kappa shape index (κ2) is 8.36. The topological polar surface area (TPSA) is 106 Å². The van der Waals surface area contributed by atoms with Crippen LogP contribution in [0.15, 0.2) is 90.1 Å². The molecule has 5 rings (SSSR count). The first-order valence-electron chi connectivity index (χ1n) is 10.1. The van der Waals surface area contributed by atoms with Crippen LogP contribution in [-0.4, -0.2) is 30.5 Å². The fourth-order valence-corrected chi connectivity index (χ4v) is 4.54. The molecule has 8 nitrogen and oxygen atoms in total. The molecular formula is C24H19N5O3S. The number of nitrogens with one attached hydrogen (secondary N) is 2. The van der Waals surface area contributed by atoms with Gasteiger partial charge in [0.25, 0.3) is 10.0 Å². The summed E-state index contributed by atoms with van der Waals surface area (Å²) in [4.78, 5) is 12.7. The van der Waals surface area contributed by atoms with E-state index in [1.54, 1.807) is 25.3 Å². The Kier molecular flexibility index (Phi) is 5.23. The number of methoxy groups -OCH3 is 1. The van der Waals surface area contributed by atoms with Gasteiger partial charge in [-0.15, -0.1) is 0 Å². The van der Waals surface area contributed by atoms with E-state index in [0.717, 1.165) is 33.2 Å². The van der Waals surface area contributed by atoms with Crippen LogP contribution in [-0.2, 0) is 10.0 Å². The maximum Gasteiger partial charge on any atom is 0.264 e. The molecule has 0 bridgehead atoms. The average Bonchev–Trinajstić information content (AvgIpc) is 2.84. The molecule has 0 unspecified atom stereocenters. The summed E-state index contributed by atoms with van der Waals surface area (Å²) in [5, 5.41) is 5.27. The van der Waals surface area contributed by atoms with Crippen LogP contribution in [0.25, 0.3) is 21.8 Å². The van der Waals surface area contributed by atoms with Crippen LogP contribution in [0.4, 0.5) is 17.3 Å². The number of para-hydroxylation sites is 2. The number of hydrogen-bond acceptors (Lipinski definition) is 7. The number of ether oxygens (including phenoxy) is 1. The summed E-state index contributed by atoms with van der Waals surface area (Å²) in [5.74, 6) is 0.695. The van der Waals surface area contributed by atoms with Crippen LogP contribution in [0.5, 0.6) is 5.75 Å². The predicted molar refractivity (Wildman–Crippen MR) is 128 cm³/mol. The summed E-state index contributed by atoms with van der Waals surface area (Å²) in [6, 6.07) is 21.7. The van der Waals surface area contributed by atoms with E-state index in [0.29, 0.717) is 5.75 Å². The summed E-state index contributed by atoms with van der Waals surface area (Å²) in [6.07, 6.45) is 2.94. The van der Waals surface area contributed by atoms with Gasteiger partial charge in [0.05, 0.1) is 23.2 Å². The number of benzene rings is 3. The van der Waals surface area contributed by atoms with Crippen LogP contribution >= 0.6 is 0 Å². The minimum absolute atomic E-state index is 0.0170. The van der Waals surface area contributed by atoms with Crippen molar-refractivity contribution in [2.24, 2.45) is 0 Å². The first-order valence-corrected chi connectivity index (χ1v) is 11.6.